The van der Waals surface area contributed by atoms with Crippen molar-refractivity contribution < 1.29 is 4.74 Å². The predicted octanol–water partition coefficient (Wildman–Crippen LogP) is 2.24. The number of nitrogens with zero attached hydrogens (tertiary/aromatic N) is 2. The molecule has 1 atom stereocenters. The Hall–Kier alpha value is -0.390. The zero-order chi connectivity index (χ0) is 12.3. The fraction of sp³-hybridized carbons (Fsp3) is 0.750. The second kappa shape index (κ2) is 5.98. The third kappa shape index (κ3) is 3.09. The van der Waals surface area contributed by atoms with E-state index in [9.17, 15) is 0 Å². The summed E-state index contributed by atoms with van der Waals surface area (Å²) in [6.45, 7) is 7.73. The van der Waals surface area contributed by atoms with Crippen LogP contribution in [0.1, 0.15) is 31.2 Å². The minimum absolute atomic E-state index is 0.344. The summed E-state index contributed by atoms with van der Waals surface area (Å²) in [5.74, 6) is 0. The molecule has 1 N–H and O–H groups in total. The number of halogens is 1. The summed E-state index contributed by atoms with van der Waals surface area (Å²) in [5, 5.41) is 7.83. The number of nitrogens with one attached hydrogen (secondary N) is 1. The van der Waals surface area contributed by atoms with E-state index >= 15 is 0 Å². The second-order valence-electron chi connectivity index (χ2n) is 4.44. The van der Waals surface area contributed by atoms with Gasteiger partial charge in [0.25, 0.3) is 0 Å². The highest BCUT2D eigenvalue weighted by Gasteiger charge is 2.17. The molecule has 0 aromatic carbocycles. The number of piperidine rings is 1. The number of hydrogen-bond donors (Lipinski definition) is 1. The first-order valence-electron chi connectivity index (χ1n) is 6.26. The van der Waals surface area contributed by atoms with Crippen molar-refractivity contribution in [1.29, 1.82) is 0 Å². The molecular weight excluding hydrogens is 282 g/mol. The highest BCUT2D eigenvalue weighted by atomic mass is 79.9. The number of ether oxygens (including phenoxy) is 1. The molecular formula is C12H20BrN3O. The molecule has 0 amide bonds. The van der Waals surface area contributed by atoms with Gasteiger partial charge in [0.15, 0.2) is 0 Å². The average Bonchev–Trinajstić information content (AvgIpc) is 2.64. The van der Waals surface area contributed by atoms with Crippen LogP contribution in [0.2, 0.25) is 0 Å². The number of rotatable bonds is 4. The second-order valence-corrected chi connectivity index (χ2v) is 5.23. The lowest BCUT2D eigenvalue weighted by Crippen LogP contribution is -2.35. The van der Waals surface area contributed by atoms with Crippen LogP contribution in [0, 0.1) is 6.92 Å². The predicted molar refractivity (Wildman–Crippen MR) is 71.0 cm³/mol. The van der Waals surface area contributed by atoms with Crippen LogP contribution < -0.4 is 5.32 Å². The molecule has 0 saturated carbocycles. The van der Waals surface area contributed by atoms with E-state index in [1.165, 1.54) is 6.42 Å². The topological polar surface area (TPSA) is 39.1 Å². The molecule has 0 spiro atoms. The summed E-state index contributed by atoms with van der Waals surface area (Å²) in [6.07, 6.45) is 2.71. The van der Waals surface area contributed by atoms with Crippen LogP contribution in [0.4, 0.5) is 0 Å². The largest absolute Gasteiger partial charge is 0.371 e. The summed E-state index contributed by atoms with van der Waals surface area (Å²) in [4.78, 5) is 0. The molecule has 2 rings (SSSR count). The molecule has 1 fully saturated rings. The van der Waals surface area contributed by atoms with Crippen molar-refractivity contribution >= 4 is 15.9 Å². The van der Waals surface area contributed by atoms with Gasteiger partial charge in [-0.25, -0.2) is 0 Å². The standard InChI is InChI=1S/C12H20BrN3O/c1-3-16-11(12(13)9(2)15-16)8-17-10-5-4-6-14-7-10/h10,14H,3-8H2,1-2H3/t10-/m0/s1. The van der Waals surface area contributed by atoms with E-state index < -0.39 is 0 Å². The molecule has 0 radical (unpaired) electrons. The number of aromatic nitrogens is 2. The van der Waals surface area contributed by atoms with Gasteiger partial charge in [-0.15, -0.1) is 0 Å². The van der Waals surface area contributed by atoms with Crippen molar-refractivity contribution in [2.45, 2.75) is 45.9 Å². The number of hydrogen-bond acceptors (Lipinski definition) is 3. The van der Waals surface area contributed by atoms with Gasteiger partial charge in [-0.2, -0.15) is 5.10 Å². The van der Waals surface area contributed by atoms with Gasteiger partial charge < -0.3 is 10.1 Å². The van der Waals surface area contributed by atoms with Gasteiger partial charge in [-0.3, -0.25) is 4.68 Å². The van der Waals surface area contributed by atoms with Crippen molar-refractivity contribution in [2.24, 2.45) is 0 Å². The molecule has 0 bridgehead atoms. The smallest absolute Gasteiger partial charge is 0.0900 e. The number of aryl methyl sites for hydroxylation is 2. The minimum Gasteiger partial charge on any atom is -0.371 e. The van der Waals surface area contributed by atoms with E-state index in [1.807, 2.05) is 11.6 Å². The minimum atomic E-state index is 0.344. The molecule has 1 aliphatic heterocycles. The van der Waals surface area contributed by atoms with Gasteiger partial charge in [-0.1, -0.05) is 0 Å². The summed E-state index contributed by atoms with van der Waals surface area (Å²) in [6, 6.07) is 0. The fourth-order valence-corrected chi connectivity index (χ4v) is 2.56. The van der Waals surface area contributed by atoms with Gasteiger partial charge in [0.05, 0.1) is 28.6 Å². The molecule has 1 aromatic rings. The van der Waals surface area contributed by atoms with Gasteiger partial charge in [0.1, 0.15) is 0 Å². The maximum absolute atomic E-state index is 5.95. The van der Waals surface area contributed by atoms with Crippen molar-refractivity contribution in [1.82, 2.24) is 15.1 Å². The maximum Gasteiger partial charge on any atom is 0.0900 e. The van der Waals surface area contributed by atoms with Gasteiger partial charge in [-0.05, 0) is 49.2 Å². The van der Waals surface area contributed by atoms with Crippen LogP contribution in [-0.2, 0) is 17.9 Å². The van der Waals surface area contributed by atoms with Crippen LogP contribution in [0.3, 0.4) is 0 Å². The lowest BCUT2D eigenvalue weighted by molar-refractivity contribution is 0.0216. The highest BCUT2D eigenvalue weighted by molar-refractivity contribution is 9.10. The zero-order valence-electron chi connectivity index (χ0n) is 10.5. The summed E-state index contributed by atoms with van der Waals surface area (Å²) < 4.78 is 9.05. The molecule has 0 aliphatic carbocycles. The lowest BCUT2D eigenvalue weighted by Gasteiger charge is -2.23. The van der Waals surface area contributed by atoms with Crippen LogP contribution in [-0.4, -0.2) is 29.0 Å². The first-order valence-corrected chi connectivity index (χ1v) is 7.05. The Balaban J connectivity index is 1.97. The quantitative estimate of drug-likeness (QED) is 0.927. The Kier molecular flexibility index (Phi) is 4.59. The molecule has 5 heteroatoms. The average molecular weight is 302 g/mol. The fourth-order valence-electron chi connectivity index (χ4n) is 2.17. The Morgan fingerprint density at radius 1 is 1.59 bits per heavy atom. The Bertz CT molecular complexity index is 372. The third-order valence-corrected chi connectivity index (χ3v) is 4.19. The zero-order valence-corrected chi connectivity index (χ0v) is 12.1. The summed E-state index contributed by atoms with van der Waals surface area (Å²) in [5.41, 5.74) is 2.18. The van der Waals surface area contributed by atoms with Crippen molar-refractivity contribution in [2.75, 3.05) is 13.1 Å². The Morgan fingerprint density at radius 3 is 3.06 bits per heavy atom. The SMILES string of the molecule is CCn1nc(C)c(Br)c1CO[C@H]1CCCNC1. The van der Waals surface area contributed by atoms with E-state index in [0.717, 1.165) is 41.9 Å². The first-order chi connectivity index (χ1) is 8.22. The van der Waals surface area contributed by atoms with Crippen molar-refractivity contribution in [3.8, 4) is 0 Å². The monoisotopic (exact) mass is 301 g/mol. The molecule has 17 heavy (non-hydrogen) atoms. The van der Waals surface area contributed by atoms with Crippen molar-refractivity contribution in [3.05, 3.63) is 15.9 Å². The molecule has 1 aliphatic rings. The van der Waals surface area contributed by atoms with Crippen molar-refractivity contribution in [3.63, 3.8) is 0 Å². The molecule has 0 unspecified atom stereocenters. The van der Waals surface area contributed by atoms with E-state index in [1.54, 1.807) is 0 Å². The third-order valence-electron chi connectivity index (χ3n) is 3.16. The van der Waals surface area contributed by atoms with Crippen LogP contribution in [0.5, 0.6) is 0 Å². The van der Waals surface area contributed by atoms with Crippen LogP contribution >= 0.6 is 15.9 Å². The van der Waals surface area contributed by atoms with E-state index in [2.05, 4.69) is 33.3 Å². The first kappa shape index (κ1) is 13.1. The van der Waals surface area contributed by atoms with Gasteiger partial charge >= 0.3 is 0 Å². The van der Waals surface area contributed by atoms with E-state index in [0.29, 0.717) is 12.7 Å². The summed E-state index contributed by atoms with van der Waals surface area (Å²) >= 11 is 3.59. The Morgan fingerprint density at radius 2 is 2.41 bits per heavy atom. The Labute approximate surface area is 111 Å². The van der Waals surface area contributed by atoms with Crippen LogP contribution in [0.15, 0.2) is 4.47 Å². The molecule has 1 aromatic heterocycles. The lowest BCUT2D eigenvalue weighted by atomic mass is 10.1. The normalized spacial score (nSPS) is 20.8. The molecule has 96 valence electrons. The van der Waals surface area contributed by atoms with Gasteiger partial charge in [0.2, 0.25) is 0 Å². The highest BCUT2D eigenvalue weighted by Crippen LogP contribution is 2.22. The van der Waals surface area contributed by atoms with Crippen LogP contribution in [0.25, 0.3) is 0 Å². The molecule has 2 heterocycles. The molecule has 1 saturated heterocycles. The van der Waals surface area contributed by atoms with E-state index in [4.69, 9.17) is 4.74 Å². The maximum atomic E-state index is 5.95. The van der Waals surface area contributed by atoms with E-state index in [-0.39, 0.29) is 0 Å². The van der Waals surface area contributed by atoms with Gasteiger partial charge in [0, 0.05) is 13.1 Å². The molecule has 4 nitrogen and oxygen atoms in total. The summed E-state index contributed by atoms with van der Waals surface area (Å²) in [7, 11) is 0.